The Bertz CT molecular complexity index is 1360. The minimum Gasteiger partial charge on any atom is -0.444 e. The molecule has 3 aromatic heterocycles. The van der Waals surface area contributed by atoms with E-state index in [0.717, 1.165) is 16.6 Å². The number of rotatable bonds is 2. The number of aromatic nitrogens is 4. The molecule has 5 rings (SSSR count). The maximum absolute atomic E-state index is 13.3. The Balaban J connectivity index is 1.31. The molecule has 3 amide bonds. The van der Waals surface area contributed by atoms with Gasteiger partial charge in [-0.1, -0.05) is 0 Å². The number of carbonyl (C=O) groups is 2. The summed E-state index contributed by atoms with van der Waals surface area (Å²) in [5.74, 6) is 0.672. The molecule has 0 aliphatic carbocycles. The van der Waals surface area contributed by atoms with Gasteiger partial charge in [-0.05, 0) is 53.2 Å². The molecule has 0 unspecified atom stereocenters. The van der Waals surface area contributed by atoms with Gasteiger partial charge in [0.15, 0.2) is 5.65 Å². The summed E-state index contributed by atoms with van der Waals surface area (Å²) in [6, 6.07) is 3.65. The molecule has 0 radical (unpaired) electrons. The number of hydrogen-bond donors (Lipinski definition) is 1. The number of hydrogen-bond acceptors (Lipinski definition) is 7. The number of urea groups is 1. The van der Waals surface area contributed by atoms with E-state index in [0.29, 0.717) is 55.4 Å². The fraction of sp³-hybridized carbons (Fsp3) is 0.500. The van der Waals surface area contributed by atoms with E-state index < -0.39 is 5.60 Å². The Hall–Kier alpha value is -3.89. The van der Waals surface area contributed by atoms with Crippen LogP contribution >= 0.6 is 0 Å². The largest absolute Gasteiger partial charge is 0.444 e. The Kier molecular flexibility index (Phi) is 6.17. The highest BCUT2D eigenvalue weighted by atomic mass is 16.6. The van der Waals surface area contributed by atoms with Crippen molar-refractivity contribution in [3.8, 4) is 0 Å². The standard InChI is InChI=1S/C26H34N8O3/c1-16-14-32(11-12-33(16)25(36)37-26(3,4)5)21-7-9-27-23-19(21)8-10-34(23)24(35)29-20-13-18-15-31(6)30-22(18)28-17(20)2/h7,9,13,15-16H,8,10-12,14H2,1-6H3,(H,29,35)/t16-/m1/s1. The van der Waals surface area contributed by atoms with E-state index in [4.69, 9.17) is 4.74 Å². The zero-order valence-corrected chi connectivity index (χ0v) is 22.3. The summed E-state index contributed by atoms with van der Waals surface area (Å²) in [5, 5.41) is 8.21. The number of ether oxygens (including phenoxy) is 1. The van der Waals surface area contributed by atoms with E-state index in [1.54, 1.807) is 20.7 Å². The molecule has 0 bridgehead atoms. The third-order valence-electron chi connectivity index (χ3n) is 6.73. The lowest BCUT2D eigenvalue weighted by molar-refractivity contribution is 0.0159. The first-order chi connectivity index (χ1) is 17.5. The molecule has 0 aromatic carbocycles. The zero-order valence-electron chi connectivity index (χ0n) is 22.3. The number of pyridine rings is 2. The summed E-state index contributed by atoms with van der Waals surface area (Å²) >= 11 is 0. The number of nitrogens with zero attached hydrogens (tertiary/aromatic N) is 7. The van der Waals surface area contributed by atoms with Crippen LogP contribution in [0.5, 0.6) is 0 Å². The predicted molar refractivity (Wildman–Crippen MR) is 142 cm³/mol. The van der Waals surface area contributed by atoms with Gasteiger partial charge in [0.05, 0.1) is 11.4 Å². The van der Waals surface area contributed by atoms with E-state index in [-0.39, 0.29) is 18.2 Å². The molecule has 5 heterocycles. The van der Waals surface area contributed by atoms with E-state index in [2.05, 4.69) is 25.3 Å². The highest BCUT2D eigenvalue weighted by molar-refractivity contribution is 6.04. The van der Waals surface area contributed by atoms with Crippen LogP contribution in [-0.4, -0.2) is 74.6 Å². The van der Waals surface area contributed by atoms with Crippen molar-refractivity contribution in [3.05, 3.63) is 35.8 Å². The Morgan fingerprint density at radius 2 is 1.97 bits per heavy atom. The molecule has 2 aliphatic rings. The van der Waals surface area contributed by atoms with Gasteiger partial charge >= 0.3 is 12.1 Å². The van der Waals surface area contributed by atoms with Gasteiger partial charge in [-0.15, -0.1) is 0 Å². The molecule has 37 heavy (non-hydrogen) atoms. The van der Waals surface area contributed by atoms with Gasteiger partial charge in [0, 0.05) is 68.3 Å². The number of carbonyl (C=O) groups excluding carboxylic acids is 2. The van der Waals surface area contributed by atoms with Crippen LogP contribution < -0.4 is 15.1 Å². The second kappa shape index (κ2) is 9.20. The maximum atomic E-state index is 13.3. The van der Waals surface area contributed by atoms with Crippen molar-refractivity contribution in [2.45, 2.75) is 52.7 Å². The fourth-order valence-corrected chi connectivity index (χ4v) is 5.01. The number of piperazine rings is 1. The number of anilines is 3. The monoisotopic (exact) mass is 506 g/mol. The average Bonchev–Trinajstić information content (AvgIpc) is 3.40. The number of nitrogens with one attached hydrogen (secondary N) is 1. The molecule has 11 heteroatoms. The first kappa shape index (κ1) is 24.8. The van der Waals surface area contributed by atoms with Crippen LogP contribution in [0.2, 0.25) is 0 Å². The molecule has 0 spiro atoms. The van der Waals surface area contributed by atoms with Gasteiger partial charge in [-0.2, -0.15) is 5.10 Å². The van der Waals surface area contributed by atoms with Crippen molar-refractivity contribution in [1.29, 1.82) is 0 Å². The molecule has 3 aromatic rings. The minimum absolute atomic E-state index is 0.00825. The van der Waals surface area contributed by atoms with E-state index in [9.17, 15) is 9.59 Å². The first-order valence-electron chi connectivity index (χ1n) is 12.6. The van der Waals surface area contributed by atoms with Gasteiger partial charge in [0.2, 0.25) is 0 Å². The van der Waals surface area contributed by atoms with Crippen LogP contribution in [0.3, 0.4) is 0 Å². The Morgan fingerprint density at radius 3 is 2.70 bits per heavy atom. The first-order valence-corrected chi connectivity index (χ1v) is 12.6. The number of aryl methyl sites for hydroxylation is 2. The number of amides is 3. The van der Waals surface area contributed by atoms with Crippen molar-refractivity contribution in [2.75, 3.05) is 41.3 Å². The normalized spacial score (nSPS) is 17.8. The number of fused-ring (bicyclic) bond motifs is 2. The van der Waals surface area contributed by atoms with Crippen LogP contribution in [0.1, 0.15) is 39.0 Å². The van der Waals surface area contributed by atoms with Crippen molar-refractivity contribution in [3.63, 3.8) is 0 Å². The van der Waals surface area contributed by atoms with Gasteiger partial charge in [0.25, 0.3) is 0 Å². The summed E-state index contributed by atoms with van der Waals surface area (Å²) in [6.07, 6.45) is 4.06. The molecular weight excluding hydrogens is 472 g/mol. The molecule has 1 N–H and O–H groups in total. The van der Waals surface area contributed by atoms with Crippen LogP contribution in [-0.2, 0) is 18.2 Å². The molecule has 1 saturated heterocycles. The molecule has 2 aliphatic heterocycles. The third kappa shape index (κ3) is 4.90. The van der Waals surface area contributed by atoms with Crippen LogP contribution in [0.15, 0.2) is 24.5 Å². The van der Waals surface area contributed by atoms with E-state index >= 15 is 0 Å². The second-order valence-electron chi connectivity index (χ2n) is 10.8. The molecule has 1 fully saturated rings. The Morgan fingerprint density at radius 1 is 1.19 bits per heavy atom. The van der Waals surface area contributed by atoms with E-state index in [1.165, 1.54) is 0 Å². The summed E-state index contributed by atoms with van der Waals surface area (Å²) in [6.45, 7) is 12.0. The third-order valence-corrected chi connectivity index (χ3v) is 6.73. The summed E-state index contributed by atoms with van der Waals surface area (Å²) in [4.78, 5) is 40.8. The summed E-state index contributed by atoms with van der Waals surface area (Å²) in [5.41, 5.74) is 3.60. The lowest BCUT2D eigenvalue weighted by Gasteiger charge is -2.41. The fourth-order valence-electron chi connectivity index (χ4n) is 5.01. The molecule has 11 nitrogen and oxygen atoms in total. The smallest absolute Gasteiger partial charge is 0.410 e. The van der Waals surface area contributed by atoms with Crippen LogP contribution in [0.4, 0.5) is 26.8 Å². The zero-order chi connectivity index (χ0) is 26.5. The molecule has 196 valence electrons. The van der Waals surface area contributed by atoms with Crippen molar-refractivity contribution in [1.82, 2.24) is 24.6 Å². The average molecular weight is 507 g/mol. The maximum Gasteiger partial charge on any atom is 0.410 e. The quantitative estimate of drug-likeness (QED) is 0.564. The summed E-state index contributed by atoms with van der Waals surface area (Å²) in [7, 11) is 1.85. The van der Waals surface area contributed by atoms with Crippen molar-refractivity contribution >= 4 is 40.4 Å². The van der Waals surface area contributed by atoms with Gasteiger partial charge < -0.3 is 19.9 Å². The lowest BCUT2D eigenvalue weighted by Crippen LogP contribution is -2.55. The van der Waals surface area contributed by atoms with Gasteiger partial charge in [-0.25, -0.2) is 19.6 Å². The van der Waals surface area contributed by atoms with Gasteiger partial charge in [0.1, 0.15) is 11.4 Å². The predicted octanol–water partition coefficient (Wildman–Crippen LogP) is 3.71. The minimum atomic E-state index is -0.526. The SMILES string of the molecule is Cc1nc2nn(C)cc2cc1NC(=O)N1CCc2c(N3CCN(C(=O)OC(C)(C)C)[C@H](C)C3)ccnc21. The van der Waals surface area contributed by atoms with Crippen LogP contribution in [0, 0.1) is 6.92 Å². The molecule has 1 atom stereocenters. The highest BCUT2D eigenvalue weighted by Crippen LogP contribution is 2.35. The highest BCUT2D eigenvalue weighted by Gasteiger charge is 2.34. The topological polar surface area (TPSA) is 109 Å². The Labute approximate surface area is 216 Å². The lowest BCUT2D eigenvalue weighted by atomic mass is 10.1. The summed E-state index contributed by atoms with van der Waals surface area (Å²) < 4.78 is 7.29. The van der Waals surface area contributed by atoms with E-state index in [1.807, 2.05) is 60.0 Å². The van der Waals surface area contributed by atoms with Crippen LogP contribution in [0.25, 0.3) is 11.0 Å². The second-order valence-corrected chi connectivity index (χ2v) is 10.8. The molecular formula is C26H34N8O3. The van der Waals surface area contributed by atoms with Crippen molar-refractivity contribution < 1.29 is 14.3 Å². The molecule has 0 saturated carbocycles. The van der Waals surface area contributed by atoms with Crippen molar-refractivity contribution in [2.24, 2.45) is 7.05 Å². The van der Waals surface area contributed by atoms with Gasteiger partial charge in [-0.3, -0.25) is 9.58 Å².